The number of rotatable bonds is 4. The third-order valence-electron chi connectivity index (χ3n) is 2.71. The summed E-state index contributed by atoms with van der Waals surface area (Å²) >= 11 is 0. The van der Waals surface area contributed by atoms with Gasteiger partial charge in [0.1, 0.15) is 5.69 Å². The number of hydrogen-bond acceptors (Lipinski definition) is 4. The zero-order valence-corrected chi connectivity index (χ0v) is 11.2. The Balaban J connectivity index is 3.15. The van der Waals surface area contributed by atoms with Gasteiger partial charge in [0.15, 0.2) is 0 Å². The zero-order valence-electron chi connectivity index (χ0n) is 11.2. The molecule has 0 amide bonds. The van der Waals surface area contributed by atoms with E-state index in [-0.39, 0.29) is 11.6 Å². The molecule has 0 bridgehead atoms. The van der Waals surface area contributed by atoms with E-state index in [4.69, 9.17) is 0 Å². The Morgan fingerprint density at radius 3 is 2.45 bits per heavy atom. The molecule has 0 aliphatic heterocycles. The molecule has 0 unspecified atom stereocenters. The van der Waals surface area contributed by atoms with Crippen molar-refractivity contribution in [2.45, 2.75) is 26.9 Å². The first-order valence-electron chi connectivity index (χ1n) is 5.78. The molecule has 0 atom stereocenters. The molecule has 110 valence electrons. The molecule has 1 aromatic rings. The summed E-state index contributed by atoms with van der Waals surface area (Å²) in [5.41, 5.74) is 1.30. The van der Waals surface area contributed by atoms with E-state index in [1.54, 1.807) is 6.92 Å². The van der Waals surface area contributed by atoms with Gasteiger partial charge in [0.05, 0.1) is 10.5 Å². The Bertz CT molecular complexity index is 539. The van der Waals surface area contributed by atoms with Crippen molar-refractivity contribution in [2.24, 2.45) is 11.0 Å². The Morgan fingerprint density at radius 1 is 1.40 bits per heavy atom. The second-order valence-electron chi connectivity index (χ2n) is 4.51. The molecule has 1 rings (SSSR count). The second kappa shape index (κ2) is 5.89. The van der Waals surface area contributed by atoms with Gasteiger partial charge in [0.2, 0.25) is 0 Å². The van der Waals surface area contributed by atoms with E-state index in [2.05, 4.69) is 10.5 Å². The molecule has 8 heteroatoms. The molecule has 0 radical (unpaired) electrons. The summed E-state index contributed by atoms with van der Waals surface area (Å²) in [5.74, 6) is 0.121. The number of nitrogens with one attached hydrogen (secondary N) is 1. The van der Waals surface area contributed by atoms with E-state index < -0.39 is 22.4 Å². The predicted octanol–water partition coefficient (Wildman–Crippen LogP) is 4.06. The summed E-state index contributed by atoms with van der Waals surface area (Å²) in [7, 11) is 0. The van der Waals surface area contributed by atoms with Crippen LogP contribution in [0.2, 0.25) is 0 Å². The van der Waals surface area contributed by atoms with Gasteiger partial charge in [0.25, 0.3) is 5.69 Å². The predicted molar refractivity (Wildman–Crippen MR) is 69.7 cm³/mol. The maximum Gasteiger partial charge on any atom is 0.416 e. The minimum atomic E-state index is -4.62. The van der Waals surface area contributed by atoms with Crippen LogP contribution in [0.4, 0.5) is 24.5 Å². The monoisotopic (exact) mass is 289 g/mol. The van der Waals surface area contributed by atoms with E-state index in [1.165, 1.54) is 0 Å². The first-order chi connectivity index (χ1) is 9.12. The molecule has 0 spiro atoms. The third kappa shape index (κ3) is 3.94. The number of hydrogen-bond donors (Lipinski definition) is 1. The Morgan fingerprint density at radius 2 is 2.00 bits per heavy atom. The van der Waals surface area contributed by atoms with E-state index in [1.807, 2.05) is 13.8 Å². The van der Waals surface area contributed by atoms with Crippen molar-refractivity contribution < 1.29 is 18.1 Å². The molecule has 20 heavy (non-hydrogen) atoms. The standard InChI is InChI=1S/C12H14F3N3O2/c1-7(2)8(3)16-17-10-5-4-9(12(13,14)15)6-11(10)18(19)20/h4-7,17H,1-3H3/b16-8-. The number of benzene rings is 1. The second-order valence-corrected chi connectivity index (χ2v) is 4.51. The summed E-state index contributed by atoms with van der Waals surface area (Å²) in [4.78, 5) is 9.95. The summed E-state index contributed by atoms with van der Waals surface area (Å²) in [5, 5.41) is 14.7. The molecule has 1 N–H and O–H groups in total. The number of halogens is 3. The highest BCUT2D eigenvalue weighted by Gasteiger charge is 2.33. The fourth-order valence-corrected chi connectivity index (χ4v) is 1.23. The summed E-state index contributed by atoms with van der Waals surface area (Å²) in [6.45, 7) is 5.47. The van der Waals surface area contributed by atoms with Gasteiger partial charge in [-0.3, -0.25) is 15.5 Å². The van der Waals surface area contributed by atoms with Gasteiger partial charge in [-0.05, 0) is 25.0 Å². The smallest absolute Gasteiger partial charge is 0.272 e. The third-order valence-corrected chi connectivity index (χ3v) is 2.71. The fourth-order valence-electron chi connectivity index (χ4n) is 1.23. The first-order valence-corrected chi connectivity index (χ1v) is 5.78. The number of nitro groups is 1. The molecule has 1 aromatic carbocycles. The fraction of sp³-hybridized carbons (Fsp3) is 0.417. The van der Waals surface area contributed by atoms with Crippen LogP contribution in [0, 0.1) is 16.0 Å². The lowest BCUT2D eigenvalue weighted by Crippen LogP contribution is -2.08. The quantitative estimate of drug-likeness (QED) is 0.516. The van der Waals surface area contributed by atoms with Crippen LogP contribution in [0.15, 0.2) is 23.3 Å². The molecule has 0 aliphatic carbocycles. The van der Waals surface area contributed by atoms with E-state index in [9.17, 15) is 23.3 Å². The number of alkyl halides is 3. The summed E-state index contributed by atoms with van der Waals surface area (Å²) < 4.78 is 37.5. The largest absolute Gasteiger partial charge is 0.416 e. The number of nitrogens with zero attached hydrogens (tertiary/aromatic N) is 2. The molecule has 0 aliphatic rings. The minimum absolute atomic E-state index is 0.0806. The molecule has 0 fully saturated rings. The lowest BCUT2D eigenvalue weighted by molar-refractivity contribution is -0.384. The molecular formula is C12H14F3N3O2. The zero-order chi connectivity index (χ0) is 15.5. The van der Waals surface area contributed by atoms with Crippen LogP contribution in [-0.2, 0) is 6.18 Å². The van der Waals surface area contributed by atoms with Crippen LogP contribution < -0.4 is 5.43 Å². The van der Waals surface area contributed by atoms with Crippen molar-refractivity contribution in [3.05, 3.63) is 33.9 Å². The van der Waals surface area contributed by atoms with Gasteiger partial charge in [-0.15, -0.1) is 0 Å². The van der Waals surface area contributed by atoms with Crippen molar-refractivity contribution in [2.75, 3.05) is 5.43 Å². The number of nitro benzene ring substituents is 1. The van der Waals surface area contributed by atoms with Crippen molar-refractivity contribution in [3.8, 4) is 0 Å². The van der Waals surface area contributed by atoms with Crippen LogP contribution in [-0.4, -0.2) is 10.6 Å². The van der Waals surface area contributed by atoms with Crippen LogP contribution in [0.5, 0.6) is 0 Å². The van der Waals surface area contributed by atoms with Gasteiger partial charge in [-0.1, -0.05) is 13.8 Å². The van der Waals surface area contributed by atoms with Crippen LogP contribution >= 0.6 is 0 Å². The Hall–Kier alpha value is -2.12. The highest BCUT2D eigenvalue weighted by Crippen LogP contribution is 2.34. The highest BCUT2D eigenvalue weighted by molar-refractivity contribution is 5.84. The van der Waals surface area contributed by atoms with E-state index >= 15 is 0 Å². The van der Waals surface area contributed by atoms with Gasteiger partial charge in [0, 0.05) is 11.8 Å². The van der Waals surface area contributed by atoms with Crippen LogP contribution in [0.25, 0.3) is 0 Å². The van der Waals surface area contributed by atoms with Crippen molar-refractivity contribution in [3.63, 3.8) is 0 Å². The minimum Gasteiger partial charge on any atom is -0.272 e. The van der Waals surface area contributed by atoms with E-state index in [0.29, 0.717) is 11.8 Å². The van der Waals surface area contributed by atoms with E-state index in [0.717, 1.165) is 12.1 Å². The van der Waals surface area contributed by atoms with Crippen LogP contribution in [0.3, 0.4) is 0 Å². The van der Waals surface area contributed by atoms with Gasteiger partial charge < -0.3 is 0 Å². The summed E-state index contributed by atoms with van der Waals surface area (Å²) in [6.07, 6.45) is -4.62. The molecule has 0 saturated heterocycles. The van der Waals surface area contributed by atoms with Crippen molar-refractivity contribution in [1.29, 1.82) is 0 Å². The maximum absolute atomic E-state index is 12.5. The van der Waals surface area contributed by atoms with Crippen molar-refractivity contribution in [1.82, 2.24) is 0 Å². The maximum atomic E-state index is 12.5. The van der Waals surface area contributed by atoms with Gasteiger partial charge in [-0.2, -0.15) is 18.3 Å². The molecular weight excluding hydrogens is 275 g/mol. The number of anilines is 1. The molecule has 0 aromatic heterocycles. The van der Waals surface area contributed by atoms with Gasteiger partial charge in [-0.25, -0.2) is 0 Å². The first kappa shape index (κ1) is 15.9. The van der Waals surface area contributed by atoms with Crippen molar-refractivity contribution >= 4 is 17.1 Å². The van der Waals surface area contributed by atoms with Crippen LogP contribution in [0.1, 0.15) is 26.3 Å². The molecule has 0 saturated carbocycles. The molecule has 5 nitrogen and oxygen atoms in total. The average molecular weight is 289 g/mol. The highest BCUT2D eigenvalue weighted by atomic mass is 19.4. The number of hydrazone groups is 1. The van der Waals surface area contributed by atoms with Gasteiger partial charge >= 0.3 is 6.18 Å². The SMILES string of the molecule is C/C(=N/Nc1ccc(C(F)(F)F)cc1[N+](=O)[O-])C(C)C. The lowest BCUT2D eigenvalue weighted by Gasteiger charge is -2.09. The molecule has 0 heterocycles. The average Bonchev–Trinajstić information content (AvgIpc) is 2.34. The lowest BCUT2D eigenvalue weighted by atomic mass is 10.1. The summed E-state index contributed by atoms with van der Waals surface area (Å²) in [6, 6.07) is 2.26. The Kier molecular flexibility index (Phi) is 4.69. The Labute approximate surface area is 113 Å². The normalized spacial score (nSPS) is 12.7. The topological polar surface area (TPSA) is 67.5 Å².